The van der Waals surface area contributed by atoms with Gasteiger partial charge < -0.3 is 10.1 Å². The van der Waals surface area contributed by atoms with Crippen molar-refractivity contribution in [3.63, 3.8) is 0 Å². The highest BCUT2D eigenvalue weighted by Gasteiger charge is 2.12. The van der Waals surface area contributed by atoms with Crippen LogP contribution in [0.15, 0.2) is 18.2 Å². The van der Waals surface area contributed by atoms with Gasteiger partial charge in [-0.3, -0.25) is 10.1 Å². The molecule has 17 heavy (non-hydrogen) atoms. The van der Waals surface area contributed by atoms with Crippen molar-refractivity contribution >= 4 is 23.0 Å². The maximum Gasteiger partial charge on any atom is 0.271 e. The van der Waals surface area contributed by atoms with Crippen molar-refractivity contribution < 1.29 is 9.66 Å². The number of rotatable bonds is 6. The lowest BCUT2D eigenvalue weighted by molar-refractivity contribution is -0.384. The third-order valence-corrected chi connectivity index (χ3v) is 2.70. The van der Waals surface area contributed by atoms with Crippen LogP contribution in [0.4, 0.5) is 11.4 Å². The third kappa shape index (κ3) is 3.87. The SMILES string of the molecule is CCC(COC)Nc1ccc([N+](=O)[O-])cc1Cl. The summed E-state index contributed by atoms with van der Waals surface area (Å²) in [7, 11) is 1.63. The van der Waals surface area contributed by atoms with Crippen LogP contribution in [0.1, 0.15) is 13.3 Å². The molecule has 1 N–H and O–H groups in total. The van der Waals surface area contributed by atoms with Crippen LogP contribution in [0.5, 0.6) is 0 Å². The molecule has 0 radical (unpaired) electrons. The normalized spacial score (nSPS) is 12.2. The fraction of sp³-hybridized carbons (Fsp3) is 0.455. The molecule has 6 heteroatoms. The number of hydrogen-bond donors (Lipinski definition) is 1. The zero-order valence-corrected chi connectivity index (χ0v) is 10.5. The number of methoxy groups -OCH3 is 1. The van der Waals surface area contributed by atoms with Crippen LogP contribution in [0, 0.1) is 10.1 Å². The number of halogens is 1. The van der Waals surface area contributed by atoms with Gasteiger partial charge in [-0.2, -0.15) is 0 Å². The van der Waals surface area contributed by atoms with E-state index >= 15 is 0 Å². The molecule has 1 aromatic carbocycles. The maximum atomic E-state index is 10.6. The third-order valence-electron chi connectivity index (χ3n) is 2.38. The molecule has 0 heterocycles. The molecule has 0 bridgehead atoms. The number of ether oxygens (including phenoxy) is 1. The summed E-state index contributed by atoms with van der Waals surface area (Å²) in [4.78, 5) is 10.1. The van der Waals surface area contributed by atoms with Gasteiger partial charge in [-0.1, -0.05) is 18.5 Å². The average Bonchev–Trinajstić information content (AvgIpc) is 2.30. The highest BCUT2D eigenvalue weighted by Crippen LogP contribution is 2.27. The molecular weight excluding hydrogens is 244 g/mol. The largest absolute Gasteiger partial charge is 0.383 e. The Hall–Kier alpha value is -1.33. The van der Waals surface area contributed by atoms with Crippen LogP contribution in [-0.2, 0) is 4.74 Å². The summed E-state index contributed by atoms with van der Waals surface area (Å²) in [5.74, 6) is 0. The van der Waals surface area contributed by atoms with Crippen LogP contribution in [-0.4, -0.2) is 24.7 Å². The Morgan fingerprint density at radius 3 is 2.76 bits per heavy atom. The zero-order valence-electron chi connectivity index (χ0n) is 9.77. The molecule has 0 aliphatic heterocycles. The number of nitrogens with one attached hydrogen (secondary N) is 1. The second-order valence-corrected chi connectivity index (χ2v) is 4.03. The molecule has 0 saturated carbocycles. The Bertz CT molecular complexity index is 398. The molecule has 0 aliphatic rings. The first-order valence-electron chi connectivity index (χ1n) is 5.27. The van der Waals surface area contributed by atoms with E-state index in [0.29, 0.717) is 17.3 Å². The van der Waals surface area contributed by atoms with Crippen LogP contribution in [0.25, 0.3) is 0 Å². The first-order valence-corrected chi connectivity index (χ1v) is 5.65. The number of nitrogens with zero attached hydrogens (tertiary/aromatic N) is 1. The Kier molecular flexibility index (Phi) is 5.18. The van der Waals surface area contributed by atoms with Gasteiger partial charge >= 0.3 is 0 Å². The van der Waals surface area contributed by atoms with Crippen molar-refractivity contribution in [2.24, 2.45) is 0 Å². The fourth-order valence-corrected chi connectivity index (χ4v) is 1.65. The van der Waals surface area contributed by atoms with E-state index in [0.717, 1.165) is 6.42 Å². The minimum absolute atomic E-state index is 0.0136. The molecule has 5 nitrogen and oxygen atoms in total. The Labute approximate surface area is 105 Å². The van der Waals surface area contributed by atoms with Crippen molar-refractivity contribution in [3.05, 3.63) is 33.3 Å². The molecule has 0 spiro atoms. The minimum Gasteiger partial charge on any atom is -0.383 e. The van der Waals surface area contributed by atoms with Gasteiger partial charge in [-0.25, -0.2) is 0 Å². The van der Waals surface area contributed by atoms with Crippen LogP contribution in [0.3, 0.4) is 0 Å². The van der Waals surface area contributed by atoms with Gasteiger partial charge in [0.05, 0.1) is 22.2 Å². The monoisotopic (exact) mass is 258 g/mol. The van der Waals surface area contributed by atoms with E-state index in [9.17, 15) is 10.1 Å². The van der Waals surface area contributed by atoms with Crippen LogP contribution < -0.4 is 5.32 Å². The molecular formula is C11H15ClN2O3. The number of benzene rings is 1. The van der Waals surface area contributed by atoms with Crippen molar-refractivity contribution in [2.75, 3.05) is 19.0 Å². The molecule has 1 unspecified atom stereocenters. The zero-order chi connectivity index (χ0) is 12.8. The number of hydrogen-bond acceptors (Lipinski definition) is 4. The van der Waals surface area contributed by atoms with Gasteiger partial charge in [0.15, 0.2) is 0 Å². The van der Waals surface area contributed by atoms with Crippen molar-refractivity contribution in [2.45, 2.75) is 19.4 Å². The number of nitro groups is 1. The summed E-state index contributed by atoms with van der Waals surface area (Å²) in [6.07, 6.45) is 0.876. The summed E-state index contributed by atoms with van der Waals surface area (Å²) >= 11 is 5.97. The summed E-state index contributed by atoms with van der Waals surface area (Å²) in [5.41, 5.74) is 0.668. The molecule has 0 aliphatic carbocycles. The highest BCUT2D eigenvalue weighted by atomic mass is 35.5. The quantitative estimate of drug-likeness (QED) is 0.629. The van der Waals surface area contributed by atoms with Crippen molar-refractivity contribution in [3.8, 4) is 0 Å². The lowest BCUT2D eigenvalue weighted by Crippen LogP contribution is -2.24. The maximum absolute atomic E-state index is 10.6. The van der Waals surface area contributed by atoms with Gasteiger partial charge in [0.1, 0.15) is 0 Å². The summed E-state index contributed by atoms with van der Waals surface area (Å²) in [6.45, 7) is 2.58. The van der Waals surface area contributed by atoms with E-state index in [1.807, 2.05) is 6.92 Å². The van der Waals surface area contributed by atoms with Gasteiger partial charge in [-0.05, 0) is 12.5 Å². The first-order chi connectivity index (χ1) is 8.08. The number of nitro benzene ring substituents is 1. The first kappa shape index (κ1) is 13.7. The van der Waals surface area contributed by atoms with Crippen LogP contribution >= 0.6 is 11.6 Å². The predicted molar refractivity (Wildman–Crippen MR) is 67.7 cm³/mol. The molecule has 0 amide bonds. The van der Waals surface area contributed by atoms with E-state index in [1.54, 1.807) is 13.2 Å². The van der Waals surface area contributed by atoms with E-state index < -0.39 is 4.92 Å². The van der Waals surface area contributed by atoms with Crippen LogP contribution in [0.2, 0.25) is 5.02 Å². The molecule has 1 rings (SSSR count). The Balaban J connectivity index is 2.81. The van der Waals surface area contributed by atoms with Gasteiger partial charge in [-0.15, -0.1) is 0 Å². The highest BCUT2D eigenvalue weighted by molar-refractivity contribution is 6.33. The number of non-ortho nitro benzene ring substituents is 1. The fourth-order valence-electron chi connectivity index (χ4n) is 1.42. The van der Waals surface area contributed by atoms with Crippen molar-refractivity contribution in [1.82, 2.24) is 0 Å². The van der Waals surface area contributed by atoms with Crippen molar-refractivity contribution in [1.29, 1.82) is 0 Å². The minimum atomic E-state index is -0.470. The predicted octanol–water partition coefficient (Wildman–Crippen LogP) is 3.09. The second kappa shape index (κ2) is 6.42. The molecule has 1 aromatic rings. The lowest BCUT2D eigenvalue weighted by Gasteiger charge is -2.17. The standard InChI is InChI=1S/C11H15ClN2O3/c1-3-8(7-17-2)13-11-5-4-9(14(15)16)6-10(11)12/h4-6,8,13H,3,7H2,1-2H3. The van der Waals surface area contributed by atoms with Gasteiger partial charge in [0.25, 0.3) is 5.69 Å². The van der Waals surface area contributed by atoms with E-state index in [1.165, 1.54) is 12.1 Å². The molecule has 0 saturated heterocycles. The smallest absolute Gasteiger partial charge is 0.271 e. The topological polar surface area (TPSA) is 64.4 Å². The average molecular weight is 259 g/mol. The Morgan fingerprint density at radius 1 is 1.59 bits per heavy atom. The van der Waals surface area contributed by atoms with Gasteiger partial charge in [0.2, 0.25) is 0 Å². The second-order valence-electron chi connectivity index (χ2n) is 3.63. The van der Waals surface area contributed by atoms with E-state index in [-0.39, 0.29) is 11.7 Å². The molecule has 0 fully saturated rings. The molecule has 94 valence electrons. The summed E-state index contributed by atoms with van der Waals surface area (Å²) < 4.78 is 5.06. The summed E-state index contributed by atoms with van der Waals surface area (Å²) in [6, 6.07) is 4.51. The van der Waals surface area contributed by atoms with Gasteiger partial charge in [0, 0.05) is 25.3 Å². The van der Waals surface area contributed by atoms with E-state index in [2.05, 4.69) is 5.32 Å². The lowest BCUT2D eigenvalue weighted by atomic mass is 10.2. The Morgan fingerprint density at radius 2 is 2.29 bits per heavy atom. The summed E-state index contributed by atoms with van der Waals surface area (Å²) in [5, 5.41) is 14.1. The molecule has 0 aromatic heterocycles. The number of anilines is 1. The molecule has 1 atom stereocenters. The van der Waals surface area contributed by atoms with E-state index in [4.69, 9.17) is 16.3 Å².